The minimum atomic E-state index is -0.143. The molecule has 1 aliphatic heterocycles. The van der Waals surface area contributed by atoms with Crippen molar-refractivity contribution in [2.75, 3.05) is 18.9 Å². The molecule has 4 heteroatoms. The minimum absolute atomic E-state index is 0.143. The smallest absolute Gasteiger partial charge is 0.157 e. The summed E-state index contributed by atoms with van der Waals surface area (Å²) >= 11 is 1.88. The maximum atomic E-state index is 5.66. The molecule has 0 atom stereocenters. The van der Waals surface area contributed by atoms with E-state index in [2.05, 4.69) is 24.2 Å². The van der Waals surface area contributed by atoms with E-state index in [1.54, 1.807) is 0 Å². The van der Waals surface area contributed by atoms with Gasteiger partial charge in [-0.25, -0.2) is 0 Å². The van der Waals surface area contributed by atoms with Gasteiger partial charge in [-0.15, -0.1) is 0 Å². The number of nitrogens with one attached hydrogen (secondary N) is 1. The summed E-state index contributed by atoms with van der Waals surface area (Å²) in [5.41, 5.74) is 0.231. The first kappa shape index (κ1) is 13.2. The van der Waals surface area contributed by atoms with Crippen molar-refractivity contribution in [2.24, 2.45) is 4.99 Å². The highest BCUT2D eigenvalue weighted by Gasteiger charge is 2.39. The van der Waals surface area contributed by atoms with Gasteiger partial charge in [-0.1, -0.05) is 24.6 Å². The van der Waals surface area contributed by atoms with Crippen LogP contribution in [0.3, 0.4) is 0 Å². The summed E-state index contributed by atoms with van der Waals surface area (Å²) in [4.78, 5) is 4.68. The second-order valence-corrected chi connectivity index (χ2v) is 6.68. The van der Waals surface area contributed by atoms with Crippen LogP contribution in [0.2, 0.25) is 0 Å². The van der Waals surface area contributed by atoms with Crippen LogP contribution >= 0.6 is 11.8 Å². The van der Waals surface area contributed by atoms with Crippen LogP contribution in [0, 0.1) is 0 Å². The summed E-state index contributed by atoms with van der Waals surface area (Å²) in [5, 5.41) is 4.76. The van der Waals surface area contributed by atoms with Crippen LogP contribution in [0.4, 0.5) is 0 Å². The Morgan fingerprint density at radius 3 is 2.76 bits per heavy atom. The molecular formula is C13H24N2OS. The molecule has 1 spiro atoms. The van der Waals surface area contributed by atoms with Crippen molar-refractivity contribution in [3.63, 3.8) is 0 Å². The summed E-state index contributed by atoms with van der Waals surface area (Å²) < 4.78 is 5.66. The third-order valence-corrected chi connectivity index (χ3v) is 4.76. The molecule has 1 saturated carbocycles. The van der Waals surface area contributed by atoms with Gasteiger partial charge in [0.15, 0.2) is 5.17 Å². The highest BCUT2D eigenvalue weighted by atomic mass is 32.2. The first-order valence-corrected chi connectivity index (χ1v) is 7.63. The molecule has 1 heterocycles. The van der Waals surface area contributed by atoms with E-state index in [0.29, 0.717) is 5.54 Å². The van der Waals surface area contributed by atoms with Gasteiger partial charge in [-0.05, 0) is 33.6 Å². The van der Waals surface area contributed by atoms with E-state index in [1.165, 1.54) is 31.4 Å². The summed E-state index contributed by atoms with van der Waals surface area (Å²) in [6, 6.07) is 0. The average Bonchev–Trinajstić information content (AvgIpc) is 2.87. The Morgan fingerprint density at radius 2 is 2.12 bits per heavy atom. The molecule has 2 fully saturated rings. The molecule has 2 aliphatic rings. The first-order chi connectivity index (χ1) is 8.05. The lowest BCUT2D eigenvalue weighted by Crippen LogP contribution is -2.41. The standard InChI is InChI=1S/C13H24N2OS/c1-4-16-12(2,3)9-14-11-15-13(10-17-11)7-5-6-8-13/h4-10H2,1-3H3,(H,14,15). The van der Waals surface area contributed by atoms with Crippen molar-refractivity contribution >= 4 is 16.9 Å². The average molecular weight is 256 g/mol. The normalized spacial score (nSPS) is 25.7. The number of nitrogens with zero attached hydrogens (tertiary/aromatic N) is 1. The van der Waals surface area contributed by atoms with Gasteiger partial charge in [0.05, 0.1) is 12.1 Å². The number of ether oxygens (including phenoxy) is 1. The van der Waals surface area contributed by atoms with Crippen molar-refractivity contribution in [1.29, 1.82) is 0 Å². The molecule has 17 heavy (non-hydrogen) atoms. The van der Waals surface area contributed by atoms with Gasteiger partial charge in [0.2, 0.25) is 0 Å². The van der Waals surface area contributed by atoms with E-state index in [1.807, 2.05) is 18.7 Å². The lowest BCUT2D eigenvalue weighted by molar-refractivity contribution is -0.00209. The van der Waals surface area contributed by atoms with E-state index in [0.717, 1.165) is 18.3 Å². The van der Waals surface area contributed by atoms with E-state index in [4.69, 9.17) is 4.74 Å². The van der Waals surface area contributed by atoms with Gasteiger partial charge in [0.25, 0.3) is 0 Å². The molecule has 0 bridgehead atoms. The number of hydrogen-bond donors (Lipinski definition) is 1. The van der Waals surface area contributed by atoms with Crippen molar-refractivity contribution in [3.8, 4) is 0 Å². The molecule has 0 amide bonds. The highest BCUT2D eigenvalue weighted by molar-refractivity contribution is 8.14. The molecule has 0 aromatic carbocycles. The van der Waals surface area contributed by atoms with Gasteiger partial charge < -0.3 is 10.1 Å². The predicted molar refractivity (Wildman–Crippen MR) is 74.8 cm³/mol. The van der Waals surface area contributed by atoms with Crippen LogP contribution in [0.1, 0.15) is 46.5 Å². The van der Waals surface area contributed by atoms with Gasteiger partial charge in [0, 0.05) is 17.9 Å². The molecular weight excluding hydrogens is 232 g/mol. The van der Waals surface area contributed by atoms with Crippen LogP contribution in [-0.2, 0) is 4.74 Å². The van der Waals surface area contributed by atoms with Crippen molar-refractivity contribution in [1.82, 2.24) is 5.32 Å². The van der Waals surface area contributed by atoms with Gasteiger partial charge >= 0.3 is 0 Å². The summed E-state index contributed by atoms with van der Waals surface area (Å²) in [6.45, 7) is 7.73. The molecule has 1 N–H and O–H groups in total. The SMILES string of the molecule is CCOC(C)(C)CN=C1NC2(CCCC2)CS1. The third-order valence-electron chi connectivity index (χ3n) is 3.56. The Hall–Kier alpha value is -0.220. The highest BCUT2D eigenvalue weighted by Crippen LogP contribution is 2.37. The Bertz CT molecular complexity index is 296. The molecule has 2 rings (SSSR count). The van der Waals surface area contributed by atoms with Gasteiger partial charge in [-0.2, -0.15) is 0 Å². The molecule has 3 nitrogen and oxygen atoms in total. The van der Waals surface area contributed by atoms with Crippen LogP contribution < -0.4 is 5.32 Å². The fourth-order valence-corrected chi connectivity index (χ4v) is 3.83. The zero-order chi connectivity index (χ0) is 12.4. The summed E-state index contributed by atoms with van der Waals surface area (Å²) in [5.74, 6) is 1.20. The fraction of sp³-hybridized carbons (Fsp3) is 0.923. The Balaban J connectivity index is 1.87. The Morgan fingerprint density at radius 1 is 1.41 bits per heavy atom. The second-order valence-electron chi connectivity index (χ2n) is 5.72. The monoisotopic (exact) mass is 256 g/mol. The number of rotatable bonds is 4. The molecule has 0 aromatic rings. The van der Waals surface area contributed by atoms with Crippen LogP contribution in [-0.4, -0.2) is 35.2 Å². The number of hydrogen-bond acceptors (Lipinski definition) is 3. The molecule has 1 aliphatic carbocycles. The van der Waals surface area contributed by atoms with E-state index < -0.39 is 0 Å². The zero-order valence-electron chi connectivity index (χ0n) is 11.2. The lowest BCUT2D eigenvalue weighted by Gasteiger charge is -2.24. The lowest BCUT2D eigenvalue weighted by atomic mass is 10.0. The topological polar surface area (TPSA) is 33.6 Å². The van der Waals surface area contributed by atoms with Crippen LogP contribution in [0.15, 0.2) is 4.99 Å². The zero-order valence-corrected chi connectivity index (χ0v) is 12.0. The largest absolute Gasteiger partial charge is 0.374 e. The summed E-state index contributed by atoms with van der Waals surface area (Å²) in [7, 11) is 0. The first-order valence-electron chi connectivity index (χ1n) is 6.65. The maximum Gasteiger partial charge on any atom is 0.157 e. The quantitative estimate of drug-likeness (QED) is 0.840. The van der Waals surface area contributed by atoms with Crippen LogP contribution in [0.5, 0.6) is 0 Å². The number of amidine groups is 1. The molecule has 0 radical (unpaired) electrons. The summed E-state index contributed by atoms with van der Waals surface area (Å²) in [6.07, 6.45) is 5.36. The van der Waals surface area contributed by atoms with Crippen LogP contribution in [0.25, 0.3) is 0 Å². The number of thioether (sulfide) groups is 1. The van der Waals surface area contributed by atoms with Crippen molar-refractivity contribution in [2.45, 2.75) is 57.6 Å². The molecule has 0 aromatic heterocycles. The second kappa shape index (κ2) is 5.19. The van der Waals surface area contributed by atoms with E-state index in [9.17, 15) is 0 Å². The third kappa shape index (κ3) is 3.38. The van der Waals surface area contributed by atoms with Crippen molar-refractivity contribution < 1.29 is 4.74 Å². The van der Waals surface area contributed by atoms with Gasteiger partial charge in [0.1, 0.15) is 0 Å². The fourth-order valence-electron chi connectivity index (χ4n) is 2.61. The van der Waals surface area contributed by atoms with E-state index >= 15 is 0 Å². The van der Waals surface area contributed by atoms with Crippen molar-refractivity contribution in [3.05, 3.63) is 0 Å². The van der Waals surface area contributed by atoms with E-state index in [-0.39, 0.29) is 5.60 Å². The molecule has 98 valence electrons. The Kier molecular flexibility index (Phi) is 4.03. The molecule has 0 unspecified atom stereocenters. The van der Waals surface area contributed by atoms with Gasteiger partial charge in [-0.3, -0.25) is 4.99 Å². The predicted octanol–water partition coefficient (Wildman–Crippen LogP) is 2.81. The number of aliphatic imine (C=N–C) groups is 1. The minimum Gasteiger partial charge on any atom is -0.374 e. The maximum absolute atomic E-state index is 5.66. The Labute approximate surface area is 109 Å². The molecule has 1 saturated heterocycles.